The fourth-order valence-corrected chi connectivity index (χ4v) is 4.11. The van der Waals surface area contributed by atoms with Crippen LogP contribution in [0.5, 0.6) is 5.75 Å². The summed E-state index contributed by atoms with van der Waals surface area (Å²) >= 11 is 6.22. The first kappa shape index (κ1) is 21.4. The van der Waals surface area contributed by atoms with Crippen LogP contribution in [0.4, 0.5) is 4.39 Å². The molecule has 8 nitrogen and oxygen atoms in total. The second-order valence-corrected chi connectivity index (χ2v) is 7.75. The molecule has 0 N–H and O–H groups in total. The van der Waals surface area contributed by atoms with Crippen LogP contribution in [0.2, 0.25) is 5.02 Å². The van der Waals surface area contributed by atoms with Gasteiger partial charge in [-0.05, 0) is 12.1 Å². The van der Waals surface area contributed by atoms with Crippen molar-refractivity contribution in [2.45, 2.75) is 6.54 Å². The molecule has 0 aliphatic carbocycles. The average Bonchev–Trinajstić information content (AvgIpc) is 3.27. The summed E-state index contributed by atoms with van der Waals surface area (Å²) < 4.78 is 26.9. The molecule has 0 spiro atoms. The van der Waals surface area contributed by atoms with Crippen molar-refractivity contribution in [1.82, 2.24) is 14.1 Å². The van der Waals surface area contributed by atoms with Gasteiger partial charge in [0.15, 0.2) is 11.6 Å². The van der Waals surface area contributed by atoms with Gasteiger partial charge in [-0.3, -0.25) is 14.3 Å². The number of nitrogens with zero attached hydrogens (tertiary/aromatic N) is 4. The van der Waals surface area contributed by atoms with Gasteiger partial charge in [-0.1, -0.05) is 35.9 Å². The van der Waals surface area contributed by atoms with Crippen molar-refractivity contribution in [3.8, 4) is 28.8 Å². The van der Waals surface area contributed by atoms with Gasteiger partial charge < -0.3 is 9.15 Å². The van der Waals surface area contributed by atoms with E-state index in [1.165, 1.54) is 25.4 Å². The third-order valence-corrected chi connectivity index (χ3v) is 5.76. The van der Waals surface area contributed by atoms with Crippen LogP contribution in [0, 0.1) is 17.1 Å². The molecule has 0 atom stereocenters. The number of aromatic nitrogens is 3. The molecular weight excluding hydrogens is 463 g/mol. The molecule has 10 heteroatoms. The van der Waals surface area contributed by atoms with E-state index in [0.29, 0.717) is 5.39 Å². The van der Waals surface area contributed by atoms with E-state index < -0.39 is 17.1 Å². The number of ether oxygens (including phenoxy) is 1. The van der Waals surface area contributed by atoms with Crippen molar-refractivity contribution in [2.75, 3.05) is 7.11 Å². The van der Waals surface area contributed by atoms with E-state index in [0.717, 1.165) is 20.6 Å². The number of rotatable bonds is 4. The Morgan fingerprint density at radius 1 is 1.21 bits per heavy atom. The summed E-state index contributed by atoms with van der Waals surface area (Å²) in [5, 5.41) is 10.7. The Labute approximate surface area is 195 Å². The number of methoxy groups -OCH3 is 1. The number of fused-ring (bicyclic) bond motifs is 2. The summed E-state index contributed by atoms with van der Waals surface area (Å²) in [4.78, 5) is 31.0. The van der Waals surface area contributed by atoms with E-state index in [1.54, 1.807) is 24.4 Å². The molecule has 0 radical (unpaired) electrons. The van der Waals surface area contributed by atoms with Crippen molar-refractivity contribution >= 4 is 33.5 Å². The zero-order valence-electron chi connectivity index (χ0n) is 17.6. The normalized spacial score (nSPS) is 11.1. The van der Waals surface area contributed by atoms with Crippen LogP contribution in [-0.4, -0.2) is 21.2 Å². The summed E-state index contributed by atoms with van der Waals surface area (Å²) in [5.74, 6) is -0.636. The minimum Gasteiger partial charge on any atom is -0.494 e. The van der Waals surface area contributed by atoms with E-state index in [4.69, 9.17) is 20.8 Å². The van der Waals surface area contributed by atoms with E-state index in [1.807, 2.05) is 12.1 Å². The number of benzene rings is 2. The Morgan fingerprint density at radius 2 is 2.00 bits per heavy atom. The molecule has 0 unspecified atom stereocenters. The Bertz CT molecular complexity index is 1760. The zero-order valence-corrected chi connectivity index (χ0v) is 18.3. The van der Waals surface area contributed by atoms with Crippen LogP contribution in [-0.2, 0) is 6.54 Å². The number of hydrogen-bond donors (Lipinski definition) is 0. The topological polar surface area (TPSA) is 103 Å². The number of furan rings is 1. The summed E-state index contributed by atoms with van der Waals surface area (Å²) in [6.07, 6.45) is 3.02. The Hall–Kier alpha value is -4.42. The average molecular weight is 477 g/mol. The van der Waals surface area contributed by atoms with Gasteiger partial charge in [-0.25, -0.2) is 13.8 Å². The molecule has 5 rings (SSSR count). The first-order chi connectivity index (χ1) is 16.4. The maximum absolute atomic E-state index is 14.0. The Morgan fingerprint density at radius 3 is 2.76 bits per heavy atom. The molecule has 0 amide bonds. The van der Waals surface area contributed by atoms with Crippen LogP contribution in [0.1, 0.15) is 0 Å². The van der Waals surface area contributed by atoms with E-state index >= 15 is 0 Å². The van der Waals surface area contributed by atoms with Crippen molar-refractivity contribution in [1.29, 1.82) is 5.26 Å². The summed E-state index contributed by atoms with van der Waals surface area (Å²) in [6, 6.07) is 12.9. The maximum Gasteiger partial charge on any atom is 0.337 e. The maximum atomic E-state index is 14.0. The SMILES string of the molecule is COc1cc(-c2cc3c(o2)c(=O)n(-c2cncc4ccccc24)c(=O)n3CC#N)c(Cl)cc1F. The van der Waals surface area contributed by atoms with E-state index in [9.17, 15) is 19.2 Å². The van der Waals surface area contributed by atoms with Gasteiger partial charge in [-0.2, -0.15) is 5.26 Å². The molecule has 0 saturated carbocycles. The lowest BCUT2D eigenvalue weighted by Gasteiger charge is -2.11. The second-order valence-electron chi connectivity index (χ2n) is 7.34. The smallest absolute Gasteiger partial charge is 0.337 e. The Kier molecular flexibility index (Phi) is 5.15. The number of pyridine rings is 1. The summed E-state index contributed by atoms with van der Waals surface area (Å²) in [6.45, 7) is -0.340. The van der Waals surface area contributed by atoms with Crippen LogP contribution in [0.25, 0.3) is 38.9 Å². The molecule has 0 saturated heterocycles. The van der Waals surface area contributed by atoms with Crippen molar-refractivity contribution < 1.29 is 13.5 Å². The molecular formula is C24H14ClFN4O4. The first-order valence-electron chi connectivity index (χ1n) is 9.97. The van der Waals surface area contributed by atoms with Crippen molar-refractivity contribution in [3.05, 3.63) is 86.5 Å². The highest BCUT2D eigenvalue weighted by molar-refractivity contribution is 6.33. The predicted octanol–water partition coefficient (Wildman–Crippen LogP) is 4.29. The zero-order chi connectivity index (χ0) is 24.0. The van der Waals surface area contributed by atoms with E-state index in [-0.39, 0.29) is 45.4 Å². The van der Waals surface area contributed by atoms with Crippen molar-refractivity contribution in [2.24, 2.45) is 0 Å². The number of halogens is 2. The van der Waals surface area contributed by atoms with Crippen molar-refractivity contribution in [3.63, 3.8) is 0 Å². The van der Waals surface area contributed by atoms with Gasteiger partial charge >= 0.3 is 11.2 Å². The highest BCUT2D eigenvalue weighted by Gasteiger charge is 2.22. The highest BCUT2D eigenvalue weighted by Crippen LogP contribution is 2.36. The summed E-state index contributed by atoms with van der Waals surface area (Å²) in [7, 11) is 1.30. The van der Waals surface area contributed by atoms with Crippen LogP contribution in [0.3, 0.4) is 0 Å². The molecule has 5 aromatic rings. The standard InChI is InChI=1S/C24H14ClFN4O4/c1-33-21-8-15(16(25)9-17(21)26)20-10-18-22(34-20)23(31)30(24(32)29(18)7-6-27)19-12-28-11-13-4-2-3-5-14(13)19/h2-5,8-12H,7H2,1H3. The van der Waals surface area contributed by atoms with Crippen LogP contribution >= 0.6 is 11.6 Å². The number of hydrogen-bond acceptors (Lipinski definition) is 6. The predicted molar refractivity (Wildman–Crippen MR) is 124 cm³/mol. The third kappa shape index (κ3) is 3.24. The molecule has 3 heterocycles. The van der Waals surface area contributed by atoms with Gasteiger partial charge in [0, 0.05) is 28.6 Å². The minimum absolute atomic E-state index is 0.0186. The minimum atomic E-state index is -0.733. The molecule has 0 fully saturated rings. The lowest BCUT2D eigenvalue weighted by molar-refractivity contribution is 0.386. The lowest BCUT2D eigenvalue weighted by atomic mass is 10.1. The van der Waals surface area contributed by atoms with Crippen LogP contribution < -0.4 is 16.0 Å². The molecule has 3 aromatic heterocycles. The molecule has 0 aliphatic rings. The van der Waals surface area contributed by atoms with E-state index in [2.05, 4.69) is 4.98 Å². The third-order valence-electron chi connectivity index (χ3n) is 5.45. The fourth-order valence-electron chi connectivity index (χ4n) is 3.87. The monoisotopic (exact) mass is 476 g/mol. The highest BCUT2D eigenvalue weighted by atomic mass is 35.5. The first-order valence-corrected chi connectivity index (χ1v) is 10.3. The lowest BCUT2D eigenvalue weighted by Crippen LogP contribution is -2.38. The fraction of sp³-hybridized carbons (Fsp3) is 0.0833. The van der Waals surface area contributed by atoms with Gasteiger partial charge in [0.1, 0.15) is 12.3 Å². The molecule has 0 bridgehead atoms. The molecule has 2 aromatic carbocycles. The molecule has 0 aliphatic heterocycles. The largest absolute Gasteiger partial charge is 0.494 e. The number of nitriles is 1. The van der Waals surface area contributed by atoms with Gasteiger partial charge in [-0.15, -0.1) is 0 Å². The Balaban J connectivity index is 1.86. The molecule has 168 valence electrons. The quantitative estimate of drug-likeness (QED) is 0.383. The van der Waals surface area contributed by atoms with Gasteiger partial charge in [0.2, 0.25) is 5.58 Å². The summed E-state index contributed by atoms with van der Waals surface area (Å²) in [5.41, 5.74) is -1.02. The van der Waals surface area contributed by atoms with Gasteiger partial charge in [0.25, 0.3) is 0 Å². The van der Waals surface area contributed by atoms with Gasteiger partial charge in [0.05, 0.1) is 35.6 Å². The molecule has 34 heavy (non-hydrogen) atoms. The second kappa shape index (κ2) is 8.17. The van der Waals surface area contributed by atoms with Crippen LogP contribution in [0.15, 0.2) is 68.9 Å².